The Labute approximate surface area is 124 Å². The fourth-order valence-electron chi connectivity index (χ4n) is 2.66. The first-order valence-electron chi connectivity index (χ1n) is 7.25. The van der Waals surface area contributed by atoms with E-state index in [1.54, 1.807) is 0 Å². The molecule has 1 fully saturated rings. The van der Waals surface area contributed by atoms with E-state index in [4.69, 9.17) is 0 Å². The van der Waals surface area contributed by atoms with Gasteiger partial charge < -0.3 is 5.32 Å². The number of carbonyl (C=O) groups excluding carboxylic acids is 1. The largest absolute Gasteiger partial charge is 0.349 e. The first kappa shape index (κ1) is 16.7. The standard InChI is InChI=1S/C15H16F5NO/c16-10-9(11(17)13(19)14(20)12(10)18)15(22)21-8-6-4-2-1-3-5-7-8/h8H,1-7H2,(H,21,22). The van der Waals surface area contributed by atoms with Crippen LogP contribution in [0, 0.1) is 29.1 Å². The summed E-state index contributed by atoms with van der Waals surface area (Å²) in [6, 6.07) is -0.317. The number of halogens is 5. The van der Waals surface area contributed by atoms with Crippen molar-refractivity contribution < 1.29 is 26.7 Å². The summed E-state index contributed by atoms with van der Waals surface area (Å²) in [4.78, 5) is 11.9. The Morgan fingerprint density at radius 2 is 1.14 bits per heavy atom. The van der Waals surface area contributed by atoms with Gasteiger partial charge in [-0.25, -0.2) is 22.0 Å². The maximum Gasteiger partial charge on any atom is 0.257 e. The van der Waals surface area contributed by atoms with Gasteiger partial charge in [-0.3, -0.25) is 4.79 Å². The van der Waals surface area contributed by atoms with Crippen LogP contribution in [0.25, 0.3) is 0 Å². The Morgan fingerprint density at radius 3 is 1.64 bits per heavy atom. The molecule has 2 rings (SSSR count). The van der Waals surface area contributed by atoms with Gasteiger partial charge in [-0.2, -0.15) is 0 Å². The minimum Gasteiger partial charge on any atom is -0.349 e. The topological polar surface area (TPSA) is 29.1 Å². The highest BCUT2D eigenvalue weighted by Crippen LogP contribution is 2.24. The Hall–Kier alpha value is -1.66. The molecule has 1 N–H and O–H groups in total. The highest BCUT2D eigenvalue weighted by Gasteiger charge is 2.30. The van der Waals surface area contributed by atoms with Gasteiger partial charge in [0, 0.05) is 6.04 Å². The van der Waals surface area contributed by atoms with E-state index in [9.17, 15) is 26.7 Å². The van der Waals surface area contributed by atoms with Gasteiger partial charge in [0.25, 0.3) is 5.91 Å². The Morgan fingerprint density at radius 1 is 0.727 bits per heavy atom. The summed E-state index contributed by atoms with van der Waals surface area (Å²) in [6.07, 6.45) is 6.04. The molecular formula is C15H16F5NO. The number of rotatable bonds is 2. The van der Waals surface area contributed by atoms with Crippen LogP contribution >= 0.6 is 0 Å². The van der Waals surface area contributed by atoms with Crippen LogP contribution in [0.3, 0.4) is 0 Å². The lowest BCUT2D eigenvalue weighted by atomic mass is 9.96. The molecule has 2 nitrogen and oxygen atoms in total. The van der Waals surface area contributed by atoms with Crippen molar-refractivity contribution in [2.24, 2.45) is 0 Å². The van der Waals surface area contributed by atoms with Crippen molar-refractivity contribution in [3.05, 3.63) is 34.6 Å². The lowest BCUT2D eigenvalue weighted by Crippen LogP contribution is -2.36. The predicted octanol–water partition coefficient (Wildman–Crippen LogP) is 4.22. The third kappa shape index (κ3) is 3.39. The number of nitrogens with one attached hydrogen (secondary N) is 1. The first-order valence-corrected chi connectivity index (χ1v) is 7.25. The maximum atomic E-state index is 13.6. The molecule has 1 aliphatic rings. The molecule has 7 heteroatoms. The number of benzene rings is 1. The summed E-state index contributed by atoms with van der Waals surface area (Å²) >= 11 is 0. The molecule has 1 saturated carbocycles. The molecule has 0 spiro atoms. The van der Waals surface area contributed by atoms with Crippen LogP contribution in [0.2, 0.25) is 0 Å². The third-order valence-corrected chi connectivity index (χ3v) is 3.88. The van der Waals surface area contributed by atoms with Gasteiger partial charge in [-0.05, 0) is 12.8 Å². The molecule has 0 heterocycles. The van der Waals surface area contributed by atoms with Crippen LogP contribution < -0.4 is 5.32 Å². The number of hydrogen-bond donors (Lipinski definition) is 1. The van der Waals surface area contributed by atoms with Crippen molar-refractivity contribution >= 4 is 5.91 Å². The molecule has 0 bridgehead atoms. The lowest BCUT2D eigenvalue weighted by molar-refractivity contribution is 0.0918. The Kier molecular flexibility index (Phi) is 5.37. The molecule has 1 aromatic carbocycles. The number of amides is 1. The smallest absolute Gasteiger partial charge is 0.257 e. The van der Waals surface area contributed by atoms with Crippen molar-refractivity contribution in [3.63, 3.8) is 0 Å². The zero-order valence-electron chi connectivity index (χ0n) is 11.8. The van der Waals surface area contributed by atoms with Gasteiger partial charge in [-0.15, -0.1) is 0 Å². The van der Waals surface area contributed by atoms with Crippen molar-refractivity contribution in [2.75, 3.05) is 0 Å². The Balaban J connectivity index is 2.22. The van der Waals surface area contributed by atoms with Crippen LogP contribution in [0.15, 0.2) is 0 Å². The highest BCUT2D eigenvalue weighted by molar-refractivity contribution is 5.95. The third-order valence-electron chi connectivity index (χ3n) is 3.88. The highest BCUT2D eigenvalue weighted by atomic mass is 19.2. The summed E-state index contributed by atoms with van der Waals surface area (Å²) in [5.41, 5.74) is -1.42. The van der Waals surface area contributed by atoms with Gasteiger partial charge >= 0.3 is 0 Å². The minimum absolute atomic E-state index is 0.317. The number of carbonyl (C=O) groups is 1. The Bertz CT molecular complexity index is 539. The van der Waals surface area contributed by atoms with Gasteiger partial charge in [0.1, 0.15) is 5.56 Å². The van der Waals surface area contributed by atoms with E-state index in [1.807, 2.05) is 0 Å². The van der Waals surface area contributed by atoms with Crippen molar-refractivity contribution in [1.29, 1.82) is 0 Å². The van der Waals surface area contributed by atoms with Gasteiger partial charge in [0.05, 0.1) is 0 Å². The zero-order chi connectivity index (χ0) is 16.3. The van der Waals surface area contributed by atoms with Crippen LogP contribution in [-0.2, 0) is 0 Å². The number of hydrogen-bond acceptors (Lipinski definition) is 1. The molecule has 0 aromatic heterocycles. The summed E-state index contributed by atoms with van der Waals surface area (Å²) in [6.45, 7) is 0. The fraction of sp³-hybridized carbons (Fsp3) is 0.533. The van der Waals surface area contributed by atoms with E-state index in [1.165, 1.54) is 0 Å². The second-order valence-corrected chi connectivity index (χ2v) is 5.46. The summed E-state index contributed by atoms with van der Waals surface area (Å²) < 4.78 is 66.3. The summed E-state index contributed by atoms with van der Waals surface area (Å²) in [5, 5.41) is 2.38. The quantitative estimate of drug-likeness (QED) is 0.493. The average Bonchev–Trinajstić information content (AvgIpc) is 2.46. The summed E-state index contributed by atoms with van der Waals surface area (Å²) in [5.74, 6) is -11.9. The SMILES string of the molecule is O=C(NC1CCCCCCC1)c1c(F)c(F)c(F)c(F)c1F. The monoisotopic (exact) mass is 321 g/mol. The molecule has 0 aliphatic heterocycles. The lowest BCUT2D eigenvalue weighted by Gasteiger charge is -2.21. The van der Waals surface area contributed by atoms with Crippen LogP contribution in [0.5, 0.6) is 0 Å². The molecular weight excluding hydrogens is 305 g/mol. The molecule has 22 heavy (non-hydrogen) atoms. The van der Waals surface area contributed by atoms with E-state index in [-0.39, 0.29) is 6.04 Å². The normalized spacial score (nSPS) is 17.0. The van der Waals surface area contributed by atoms with Crippen LogP contribution in [0.4, 0.5) is 22.0 Å². The van der Waals surface area contributed by atoms with Crippen molar-refractivity contribution in [3.8, 4) is 0 Å². The van der Waals surface area contributed by atoms with E-state index in [2.05, 4.69) is 5.32 Å². The second-order valence-electron chi connectivity index (χ2n) is 5.46. The van der Waals surface area contributed by atoms with Crippen molar-refractivity contribution in [1.82, 2.24) is 5.32 Å². The second kappa shape index (κ2) is 7.07. The maximum absolute atomic E-state index is 13.6. The molecule has 0 radical (unpaired) electrons. The summed E-state index contributed by atoms with van der Waals surface area (Å²) in [7, 11) is 0. The molecule has 122 valence electrons. The molecule has 0 unspecified atom stereocenters. The van der Waals surface area contributed by atoms with Crippen LogP contribution in [0.1, 0.15) is 55.3 Å². The molecule has 0 atom stereocenters. The van der Waals surface area contributed by atoms with E-state index < -0.39 is 40.6 Å². The predicted molar refractivity (Wildman–Crippen MR) is 69.8 cm³/mol. The fourth-order valence-corrected chi connectivity index (χ4v) is 2.66. The van der Waals surface area contributed by atoms with Crippen molar-refractivity contribution in [2.45, 2.75) is 51.0 Å². The minimum atomic E-state index is -2.27. The molecule has 1 amide bonds. The van der Waals surface area contributed by atoms with E-state index >= 15 is 0 Å². The van der Waals surface area contributed by atoms with Gasteiger partial charge in [0.2, 0.25) is 5.82 Å². The molecule has 1 aliphatic carbocycles. The van der Waals surface area contributed by atoms with E-state index in [0.717, 1.165) is 32.1 Å². The van der Waals surface area contributed by atoms with Crippen LogP contribution in [-0.4, -0.2) is 11.9 Å². The van der Waals surface area contributed by atoms with Gasteiger partial charge in [-0.1, -0.05) is 32.1 Å². The zero-order valence-corrected chi connectivity index (χ0v) is 11.8. The average molecular weight is 321 g/mol. The molecule has 0 saturated heterocycles. The molecule has 1 aromatic rings. The van der Waals surface area contributed by atoms with E-state index in [0.29, 0.717) is 12.8 Å². The first-order chi connectivity index (χ1) is 10.4. The van der Waals surface area contributed by atoms with Gasteiger partial charge in [0.15, 0.2) is 23.3 Å².